The van der Waals surface area contributed by atoms with Gasteiger partial charge >= 0.3 is 0 Å². The molecule has 0 aliphatic rings. The van der Waals surface area contributed by atoms with Crippen LogP contribution in [0.5, 0.6) is 17.4 Å². The van der Waals surface area contributed by atoms with Crippen LogP contribution < -0.4 is 9.47 Å². The Morgan fingerprint density at radius 2 is 1.80 bits per heavy atom. The molecule has 1 amide bonds. The Bertz CT molecular complexity index is 959. The first kappa shape index (κ1) is 16.8. The van der Waals surface area contributed by atoms with Crippen LogP contribution in [-0.4, -0.2) is 30.2 Å². The van der Waals surface area contributed by atoms with Gasteiger partial charge in [0.15, 0.2) is 5.69 Å². The average molecular weight is 360 g/mol. The number of halogens is 1. The predicted molar refractivity (Wildman–Crippen MR) is 93.4 cm³/mol. The van der Waals surface area contributed by atoms with E-state index in [0.717, 1.165) is 0 Å². The van der Waals surface area contributed by atoms with Crippen LogP contribution in [0, 0.1) is 0 Å². The van der Waals surface area contributed by atoms with Gasteiger partial charge in [-0.2, -0.15) is 0 Å². The first-order valence-electron chi connectivity index (χ1n) is 7.21. The smallest absolute Gasteiger partial charge is 0.295 e. The van der Waals surface area contributed by atoms with Gasteiger partial charge in [0.05, 0.1) is 25.3 Å². The highest BCUT2D eigenvalue weighted by atomic mass is 35.5. The molecule has 2 aromatic carbocycles. The SMILES string of the molecule is COc1cc(OC)cc(C(=O)N=Nc2c(O)[nH]c3ccc(Cl)cc23)c1. The number of aromatic nitrogens is 1. The highest BCUT2D eigenvalue weighted by Crippen LogP contribution is 2.37. The first-order valence-corrected chi connectivity index (χ1v) is 7.59. The van der Waals surface area contributed by atoms with Gasteiger partial charge in [-0.05, 0) is 30.3 Å². The Morgan fingerprint density at radius 3 is 2.44 bits per heavy atom. The number of H-pyrrole nitrogens is 1. The van der Waals surface area contributed by atoms with Crippen LogP contribution in [0.25, 0.3) is 10.9 Å². The number of nitrogens with zero attached hydrogens (tertiary/aromatic N) is 2. The Hall–Kier alpha value is -3.06. The zero-order chi connectivity index (χ0) is 18.0. The van der Waals surface area contributed by atoms with E-state index in [1.165, 1.54) is 26.4 Å². The van der Waals surface area contributed by atoms with Gasteiger partial charge in [-0.3, -0.25) is 4.79 Å². The summed E-state index contributed by atoms with van der Waals surface area (Å²) in [7, 11) is 2.97. The van der Waals surface area contributed by atoms with Crippen molar-refractivity contribution in [1.82, 2.24) is 4.98 Å². The van der Waals surface area contributed by atoms with E-state index in [1.54, 1.807) is 24.3 Å². The maximum atomic E-state index is 12.3. The van der Waals surface area contributed by atoms with E-state index in [0.29, 0.717) is 27.4 Å². The number of rotatable bonds is 4. The minimum atomic E-state index is -0.604. The van der Waals surface area contributed by atoms with Crippen LogP contribution in [0.4, 0.5) is 5.69 Å². The number of aromatic hydroxyl groups is 1. The standard InChI is InChI=1S/C17H14ClN3O4/c1-24-11-5-9(6-12(8-11)25-2)16(22)21-20-15-13-7-10(18)3-4-14(13)19-17(15)23/h3-8,19,23H,1-2H3. The number of amides is 1. The summed E-state index contributed by atoms with van der Waals surface area (Å²) in [4.78, 5) is 15.0. The van der Waals surface area contributed by atoms with E-state index >= 15 is 0 Å². The number of methoxy groups -OCH3 is 2. The molecule has 25 heavy (non-hydrogen) atoms. The minimum absolute atomic E-state index is 0.140. The van der Waals surface area contributed by atoms with Crippen molar-refractivity contribution in [2.45, 2.75) is 0 Å². The third-order valence-corrected chi connectivity index (χ3v) is 3.79. The number of fused-ring (bicyclic) bond motifs is 1. The van der Waals surface area contributed by atoms with Gasteiger partial charge in [0.2, 0.25) is 5.88 Å². The number of azo groups is 1. The molecule has 0 spiro atoms. The van der Waals surface area contributed by atoms with Gasteiger partial charge in [0, 0.05) is 16.5 Å². The highest BCUT2D eigenvalue weighted by molar-refractivity contribution is 6.31. The lowest BCUT2D eigenvalue weighted by Crippen LogP contribution is -1.96. The van der Waals surface area contributed by atoms with Crippen molar-refractivity contribution < 1.29 is 19.4 Å². The summed E-state index contributed by atoms with van der Waals surface area (Å²) >= 11 is 5.96. The lowest BCUT2D eigenvalue weighted by molar-refractivity contribution is 0.0994. The first-order chi connectivity index (χ1) is 12.0. The highest BCUT2D eigenvalue weighted by Gasteiger charge is 2.13. The van der Waals surface area contributed by atoms with E-state index < -0.39 is 5.91 Å². The minimum Gasteiger partial charge on any atom is -0.497 e. The molecule has 0 radical (unpaired) electrons. The largest absolute Gasteiger partial charge is 0.497 e. The van der Waals surface area contributed by atoms with Gasteiger partial charge in [-0.15, -0.1) is 10.2 Å². The number of benzene rings is 2. The van der Waals surface area contributed by atoms with Crippen molar-refractivity contribution in [3.8, 4) is 17.4 Å². The van der Waals surface area contributed by atoms with E-state index in [2.05, 4.69) is 15.2 Å². The number of carbonyl (C=O) groups excluding carboxylic acids is 1. The number of carbonyl (C=O) groups is 1. The molecule has 0 saturated carbocycles. The van der Waals surface area contributed by atoms with Crippen molar-refractivity contribution in [3.05, 3.63) is 47.0 Å². The predicted octanol–water partition coefficient (Wildman–Crippen LogP) is 4.47. The quantitative estimate of drug-likeness (QED) is 0.672. The topological polar surface area (TPSA) is 96.3 Å². The van der Waals surface area contributed by atoms with Crippen LogP contribution in [0.2, 0.25) is 5.02 Å². The van der Waals surface area contributed by atoms with Crippen molar-refractivity contribution in [2.24, 2.45) is 10.2 Å². The number of hydrogen-bond donors (Lipinski definition) is 2. The zero-order valence-corrected chi connectivity index (χ0v) is 14.2. The van der Waals surface area contributed by atoms with Crippen LogP contribution in [0.3, 0.4) is 0 Å². The van der Waals surface area contributed by atoms with Crippen molar-refractivity contribution in [2.75, 3.05) is 14.2 Å². The molecule has 0 bridgehead atoms. The normalized spacial score (nSPS) is 11.2. The molecule has 3 rings (SSSR count). The zero-order valence-electron chi connectivity index (χ0n) is 13.4. The summed E-state index contributed by atoms with van der Waals surface area (Å²) in [6.07, 6.45) is 0. The molecule has 128 valence electrons. The third-order valence-electron chi connectivity index (χ3n) is 3.55. The molecular formula is C17H14ClN3O4. The van der Waals surface area contributed by atoms with Gasteiger partial charge < -0.3 is 19.6 Å². The fourth-order valence-electron chi connectivity index (χ4n) is 2.32. The Morgan fingerprint density at radius 1 is 1.12 bits per heavy atom. The molecule has 1 heterocycles. The lowest BCUT2D eigenvalue weighted by Gasteiger charge is -2.05. The molecule has 0 aliphatic carbocycles. The summed E-state index contributed by atoms with van der Waals surface area (Å²) in [6, 6.07) is 9.69. The second-order valence-corrected chi connectivity index (χ2v) is 5.56. The van der Waals surface area contributed by atoms with Crippen molar-refractivity contribution in [1.29, 1.82) is 0 Å². The number of hydrogen-bond acceptors (Lipinski definition) is 5. The summed E-state index contributed by atoms with van der Waals surface area (Å²) in [5.74, 6) is 0.115. The molecule has 3 aromatic rings. The molecule has 0 atom stereocenters. The molecule has 0 aliphatic heterocycles. The molecule has 0 unspecified atom stereocenters. The molecule has 7 nitrogen and oxygen atoms in total. The van der Waals surface area contributed by atoms with E-state index in [9.17, 15) is 9.90 Å². The van der Waals surface area contributed by atoms with Gasteiger partial charge in [0.1, 0.15) is 11.5 Å². The molecule has 0 saturated heterocycles. The lowest BCUT2D eigenvalue weighted by atomic mass is 10.2. The fourth-order valence-corrected chi connectivity index (χ4v) is 2.49. The second-order valence-electron chi connectivity index (χ2n) is 5.12. The number of nitrogens with one attached hydrogen (secondary N) is 1. The van der Waals surface area contributed by atoms with E-state index in [4.69, 9.17) is 21.1 Å². The maximum Gasteiger partial charge on any atom is 0.295 e. The summed E-state index contributed by atoms with van der Waals surface area (Å²) in [6.45, 7) is 0. The molecule has 1 aromatic heterocycles. The molecule has 0 fully saturated rings. The van der Waals surface area contributed by atoms with Crippen molar-refractivity contribution in [3.63, 3.8) is 0 Å². The van der Waals surface area contributed by atoms with E-state index in [1.807, 2.05) is 0 Å². The van der Waals surface area contributed by atoms with Crippen molar-refractivity contribution >= 4 is 34.1 Å². The summed E-state index contributed by atoms with van der Waals surface area (Å²) < 4.78 is 10.2. The van der Waals surface area contributed by atoms with Gasteiger partial charge in [-0.1, -0.05) is 11.6 Å². The fraction of sp³-hybridized carbons (Fsp3) is 0.118. The Kier molecular flexibility index (Phi) is 4.58. The summed E-state index contributed by atoms with van der Waals surface area (Å²) in [5, 5.41) is 18.6. The molecule has 8 heteroatoms. The number of aromatic amines is 1. The summed E-state index contributed by atoms with van der Waals surface area (Å²) in [5.41, 5.74) is 1.02. The van der Waals surface area contributed by atoms with Crippen LogP contribution in [0.15, 0.2) is 46.6 Å². The number of ether oxygens (including phenoxy) is 2. The maximum absolute atomic E-state index is 12.3. The monoisotopic (exact) mass is 359 g/mol. The second kappa shape index (κ2) is 6.82. The Labute approximate surface area is 147 Å². The molecule has 2 N–H and O–H groups in total. The van der Waals surface area contributed by atoms with E-state index in [-0.39, 0.29) is 17.1 Å². The Balaban J connectivity index is 1.96. The van der Waals surface area contributed by atoms with Gasteiger partial charge in [-0.25, -0.2) is 0 Å². The van der Waals surface area contributed by atoms with Crippen LogP contribution in [0.1, 0.15) is 10.4 Å². The third kappa shape index (κ3) is 3.41. The van der Waals surface area contributed by atoms with Crippen LogP contribution in [-0.2, 0) is 0 Å². The van der Waals surface area contributed by atoms with Crippen LogP contribution >= 0.6 is 11.6 Å². The molecular weight excluding hydrogens is 346 g/mol. The average Bonchev–Trinajstić information content (AvgIpc) is 2.93. The van der Waals surface area contributed by atoms with Gasteiger partial charge in [0.25, 0.3) is 5.91 Å².